The molecule has 0 saturated carbocycles. The molecule has 0 unspecified atom stereocenters. The molecule has 1 aromatic heterocycles. The van der Waals surface area contributed by atoms with Gasteiger partial charge in [-0.05, 0) is 13.8 Å². The van der Waals surface area contributed by atoms with Crippen LogP contribution < -0.4 is 0 Å². The van der Waals surface area contributed by atoms with Gasteiger partial charge in [-0.2, -0.15) is 9.78 Å². The molecule has 0 bridgehead atoms. The van der Waals surface area contributed by atoms with Crippen LogP contribution in [0.1, 0.15) is 12.6 Å². The first-order chi connectivity index (χ1) is 5.25. The first-order valence-electron chi connectivity index (χ1n) is 3.35. The topological polar surface area (TPSA) is 44.1 Å². The van der Waals surface area contributed by atoms with Gasteiger partial charge in [0.05, 0.1) is 18.5 Å². The van der Waals surface area contributed by atoms with E-state index in [-0.39, 0.29) is 0 Å². The predicted molar refractivity (Wildman–Crippen MR) is 38.2 cm³/mol. The predicted octanol–water partition coefficient (Wildman–Crippen LogP) is 0.996. The minimum Gasteiger partial charge on any atom is -0.448 e. The molecule has 1 radical (unpaired) electrons. The first-order valence-corrected chi connectivity index (χ1v) is 3.35. The Morgan fingerprint density at radius 3 is 3.09 bits per heavy atom. The van der Waals surface area contributed by atoms with Gasteiger partial charge < -0.3 is 4.74 Å². The lowest BCUT2D eigenvalue weighted by molar-refractivity contribution is 0.150. The summed E-state index contributed by atoms with van der Waals surface area (Å²) < 4.78 is 5.88. The second-order valence-corrected chi connectivity index (χ2v) is 1.99. The molecule has 0 fully saturated rings. The third kappa shape index (κ3) is 1.58. The van der Waals surface area contributed by atoms with E-state index in [9.17, 15) is 4.79 Å². The summed E-state index contributed by atoms with van der Waals surface area (Å²) in [6.07, 6.45) is 0.984. The zero-order valence-electron chi connectivity index (χ0n) is 6.50. The van der Waals surface area contributed by atoms with Crippen molar-refractivity contribution in [1.82, 2.24) is 9.78 Å². The summed E-state index contributed by atoms with van der Waals surface area (Å²) in [6, 6.07) is 2.76. The lowest BCUT2D eigenvalue weighted by atomic mass is 10.5. The molecule has 0 aliphatic rings. The van der Waals surface area contributed by atoms with Gasteiger partial charge in [-0.3, -0.25) is 0 Å². The Balaban J connectivity index is 2.76. The Morgan fingerprint density at radius 2 is 2.64 bits per heavy atom. The molecule has 0 N–H and O–H groups in total. The van der Waals surface area contributed by atoms with Crippen molar-refractivity contribution >= 4 is 6.09 Å². The summed E-state index contributed by atoms with van der Waals surface area (Å²) in [5.41, 5.74) is 0.656. The highest BCUT2D eigenvalue weighted by molar-refractivity contribution is 5.69. The van der Waals surface area contributed by atoms with Crippen LogP contribution in [-0.2, 0) is 4.74 Å². The molecule has 4 heteroatoms. The Hall–Kier alpha value is -1.32. The number of rotatable bonds is 1. The standard InChI is InChI=1S/C7H9N2O2/c1-3-11-7(10)9-6(2)4-5-8-9/h5H,3H2,1-2H3. The molecule has 1 heterocycles. The van der Waals surface area contributed by atoms with Crippen LogP contribution in [0, 0.1) is 13.0 Å². The van der Waals surface area contributed by atoms with Gasteiger partial charge in [-0.25, -0.2) is 4.79 Å². The summed E-state index contributed by atoms with van der Waals surface area (Å²) in [6.45, 7) is 3.85. The van der Waals surface area contributed by atoms with Gasteiger partial charge in [0.25, 0.3) is 0 Å². The molecule has 4 nitrogen and oxygen atoms in total. The first kappa shape index (κ1) is 7.78. The summed E-state index contributed by atoms with van der Waals surface area (Å²) in [7, 11) is 0. The summed E-state index contributed by atoms with van der Waals surface area (Å²) in [5.74, 6) is 0. The van der Waals surface area contributed by atoms with E-state index in [1.54, 1.807) is 13.8 Å². The molecule has 0 atom stereocenters. The number of aromatic nitrogens is 2. The van der Waals surface area contributed by atoms with Gasteiger partial charge in [-0.15, -0.1) is 0 Å². The Morgan fingerprint density at radius 1 is 1.91 bits per heavy atom. The smallest absolute Gasteiger partial charge is 0.434 e. The maximum Gasteiger partial charge on any atom is 0.434 e. The number of nitrogens with zero attached hydrogens (tertiary/aromatic N) is 2. The third-order valence-electron chi connectivity index (χ3n) is 1.21. The highest BCUT2D eigenvalue weighted by Crippen LogP contribution is 1.95. The Labute approximate surface area is 64.8 Å². The minimum absolute atomic E-state index is 0.359. The van der Waals surface area contributed by atoms with Crippen molar-refractivity contribution in [1.29, 1.82) is 0 Å². The van der Waals surface area contributed by atoms with Gasteiger partial charge in [0, 0.05) is 6.07 Å². The molecular formula is C7H9N2O2. The summed E-state index contributed by atoms with van der Waals surface area (Å²) in [5, 5.41) is 3.72. The van der Waals surface area contributed by atoms with Crippen molar-refractivity contribution in [2.75, 3.05) is 6.61 Å². The molecule has 0 saturated heterocycles. The SMILES string of the molecule is CCOC(=O)n1nc[c]c1C. The molecule has 0 aromatic carbocycles. The Kier molecular flexibility index (Phi) is 2.25. The minimum atomic E-state index is -0.453. The van der Waals surface area contributed by atoms with Crippen LogP contribution >= 0.6 is 0 Å². The fourth-order valence-corrected chi connectivity index (χ4v) is 0.696. The third-order valence-corrected chi connectivity index (χ3v) is 1.21. The maximum atomic E-state index is 11.0. The largest absolute Gasteiger partial charge is 0.448 e. The van der Waals surface area contributed by atoms with E-state index >= 15 is 0 Å². The van der Waals surface area contributed by atoms with Crippen LogP contribution in [0.25, 0.3) is 0 Å². The zero-order valence-corrected chi connectivity index (χ0v) is 6.50. The Bertz CT molecular complexity index is 255. The van der Waals surface area contributed by atoms with Crippen LogP contribution in [-0.4, -0.2) is 22.5 Å². The van der Waals surface area contributed by atoms with E-state index in [1.807, 2.05) is 0 Å². The molecule has 11 heavy (non-hydrogen) atoms. The van der Waals surface area contributed by atoms with Crippen molar-refractivity contribution in [2.24, 2.45) is 0 Å². The molecule has 1 aromatic rings. The van der Waals surface area contributed by atoms with Crippen LogP contribution in [0.5, 0.6) is 0 Å². The molecule has 0 aliphatic carbocycles. The molecule has 0 aliphatic heterocycles. The number of carbonyl (C=O) groups is 1. The van der Waals surface area contributed by atoms with Crippen LogP contribution in [0.4, 0.5) is 4.79 Å². The molecule has 1 rings (SSSR count). The van der Waals surface area contributed by atoms with Gasteiger partial charge in [0.15, 0.2) is 0 Å². The summed E-state index contributed by atoms with van der Waals surface area (Å²) in [4.78, 5) is 11.0. The average molecular weight is 153 g/mol. The molecule has 0 spiro atoms. The average Bonchev–Trinajstić information content (AvgIpc) is 2.36. The lowest BCUT2D eigenvalue weighted by Gasteiger charge is -2.01. The van der Waals surface area contributed by atoms with Crippen LogP contribution in [0.3, 0.4) is 0 Å². The van der Waals surface area contributed by atoms with E-state index in [0.717, 1.165) is 0 Å². The van der Waals surface area contributed by atoms with Crippen molar-refractivity contribution in [3.05, 3.63) is 18.0 Å². The second kappa shape index (κ2) is 3.18. The fraction of sp³-hybridized carbons (Fsp3) is 0.429. The number of carbonyl (C=O) groups excluding carboxylic acids is 1. The van der Waals surface area contributed by atoms with E-state index in [1.165, 1.54) is 10.9 Å². The van der Waals surface area contributed by atoms with Gasteiger partial charge >= 0.3 is 6.09 Å². The van der Waals surface area contributed by atoms with Crippen molar-refractivity contribution in [2.45, 2.75) is 13.8 Å². The van der Waals surface area contributed by atoms with Gasteiger partial charge in [0.1, 0.15) is 0 Å². The summed E-state index contributed by atoms with van der Waals surface area (Å²) >= 11 is 0. The van der Waals surface area contributed by atoms with Crippen molar-refractivity contribution in [3.63, 3.8) is 0 Å². The quantitative estimate of drug-likeness (QED) is 0.604. The van der Waals surface area contributed by atoms with Crippen molar-refractivity contribution in [3.8, 4) is 0 Å². The van der Waals surface area contributed by atoms with E-state index in [4.69, 9.17) is 4.74 Å². The van der Waals surface area contributed by atoms with Crippen LogP contribution in [0.2, 0.25) is 0 Å². The van der Waals surface area contributed by atoms with E-state index in [2.05, 4.69) is 11.2 Å². The van der Waals surface area contributed by atoms with Gasteiger partial charge in [-0.1, -0.05) is 0 Å². The number of hydrogen-bond acceptors (Lipinski definition) is 3. The molecule has 59 valence electrons. The number of aryl methyl sites for hydroxylation is 1. The van der Waals surface area contributed by atoms with Gasteiger partial charge in [0.2, 0.25) is 0 Å². The fourth-order valence-electron chi connectivity index (χ4n) is 0.696. The maximum absolute atomic E-state index is 11.0. The van der Waals surface area contributed by atoms with E-state index < -0.39 is 6.09 Å². The van der Waals surface area contributed by atoms with Crippen molar-refractivity contribution < 1.29 is 9.53 Å². The number of hydrogen-bond donors (Lipinski definition) is 0. The molecular weight excluding hydrogens is 144 g/mol. The zero-order chi connectivity index (χ0) is 8.27. The monoisotopic (exact) mass is 153 g/mol. The highest BCUT2D eigenvalue weighted by Gasteiger charge is 2.07. The van der Waals surface area contributed by atoms with Crippen LogP contribution in [0.15, 0.2) is 6.20 Å². The molecule has 0 amide bonds. The number of ether oxygens (including phenoxy) is 1. The normalized spacial score (nSPS) is 9.64. The van der Waals surface area contributed by atoms with E-state index in [0.29, 0.717) is 12.3 Å². The highest BCUT2D eigenvalue weighted by atomic mass is 16.5. The lowest BCUT2D eigenvalue weighted by Crippen LogP contribution is -2.16. The second-order valence-electron chi connectivity index (χ2n) is 1.99.